The fourth-order valence-electron chi connectivity index (χ4n) is 2.26. The van der Waals surface area contributed by atoms with Crippen molar-refractivity contribution in [1.82, 2.24) is 10.2 Å². The number of carbonyl (C=O) groups excluding carboxylic acids is 2. The van der Waals surface area contributed by atoms with E-state index in [9.17, 15) is 9.59 Å². The Balaban J connectivity index is 1.83. The molecule has 2 aromatic rings. The lowest BCUT2D eigenvalue weighted by molar-refractivity contribution is -0.126. The first kappa shape index (κ1) is 19.6. The molecule has 1 heterocycles. The summed E-state index contributed by atoms with van der Waals surface area (Å²) < 4.78 is 0.969. The van der Waals surface area contributed by atoms with E-state index in [1.807, 2.05) is 42.6 Å². The van der Waals surface area contributed by atoms with Crippen molar-refractivity contribution in [2.24, 2.45) is 0 Å². The summed E-state index contributed by atoms with van der Waals surface area (Å²) in [6, 6.07) is 9.22. The van der Waals surface area contributed by atoms with E-state index in [4.69, 9.17) is 0 Å². The van der Waals surface area contributed by atoms with Gasteiger partial charge in [-0.05, 0) is 56.1 Å². The lowest BCUT2D eigenvalue weighted by Gasteiger charge is -2.23. The van der Waals surface area contributed by atoms with Crippen molar-refractivity contribution >= 4 is 44.8 Å². The Morgan fingerprint density at radius 2 is 2.08 bits per heavy atom. The summed E-state index contributed by atoms with van der Waals surface area (Å²) in [5.41, 5.74) is 1.75. The number of hydrogen-bond acceptors (Lipinski definition) is 4. The molecule has 7 heteroatoms. The molecular weight excluding hydrogens is 402 g/mol. The van der Waals surface area contributed by atoms with Gasteiger partial charge in [-0.25, -0.2) is 0 Å². The minimum absolute atomic E-state index is 0.0940. The fourth-order valence-corrected chi connectivity index (χ4v) is 3.38. The number of nitrogens with one attached hydrogen (secondary N) is 2. The molecular formula is C18H22BrN3O2S. The highest BCUT2D eigenvalue weighted by atomic mass is 79.9. The molecule has 2 N–H and O–H groups in total. The average Bonchev–Trinajstić information content (AvgIpc) is 3.08. The first-order chi connectivity index (χ1) is 11.9. The Morgan fingerprint density at radius 1 is 1.32 bits per heavy atom. The van der Waals surface area contributed by atoms with Gasteiger partial charge in [-0.3, -0.25) is 14.5 Å². The predicted octanol–water partition coefficient (Wildman–Crippen LogP) is 3.39. The highest BCUT2D eigenvalue weighted by Gasteiger charge is 2.20. The monoisotopic (exact) mass is 423 g/mol. The van der Waals surface area contributed by atoms with E-state index in [0.29, 0.717) is 6.54 Å². The zero-order chi connectivity index (χ0) is 18.4. The highest BCUT2D eigenvalue weighted by Crippen LogP contribution is 2.20. The number of anilines is 1. The quantitative estimate of drug-likeness (QED) is 0.717. The Kier molecular flexibility index (Phi) is 7.16. The molecule has 25 heavy (non-hydrogen) atoms. The molecule has 0 unspecified atom stereocenters. The van der Waals surface area contributed by atoms with Crippen LogP contribution in [0.4, 0.5) is 5.69 Å². The van der Waals surface area contributed by atoms with Crippen molar-refractivity contribution in [3.05, 3.63) is 50.6 Å². The third-order valence-corrected chi connectivity index (χ3v) is 5.28. The lowest BCUT2D eigenvalue weighted by atomic mass is 10.2. The molecule has 0 aliphatic carbocycles. The maximum Gasteiger partial charge on any atom is 0.238 e. The van der Waals surface area contributed by atoms with Crippen molar-refractivity contribution in [1.29, 1.82) is 0 Å². The molecule has 0 spiro atoms. The first-order valence-corrected chi connectivity index (χ1v) is 9.60. The topological polar surface area (TPSA) is 61.4 Å². The van der Waals surface area contributed by atoms with Gasteiger partial charge in [0.15, 0.2) is 0 Å². The van der Waals surface area contributed by atoms with E-state index in [-0.39, 0.29) is 18.4 Å². The van der Waals surface area contributed by atoms with E-state index in [0.717, 1.165) is 20.6 Å². The molecule has 1 aromatic carbocycles. The van der Waals surface area contributed by atoms with Crippen LogP contribution in [0.1, 0.15) is 17.4 Å². The van der Waals surface area contributed by atoms with Crippen molar-refractivity contribution in [2.75, 3.05) is 18.9 Å². The number of amides is 2. The third kappa shape index (κ3) is 5.95. The molecule has 2 rings (SSSR count). The second-order valence-electron chi connectivity index (χ2n) is 5.90. The number of nitrogens with zero attached hydrogens (tertiary/aromatic N) is 1. The molecule has 2 amide bonds. The summed E-state index contributed by atoms with van der Waals surface area (Å²) in [7, 11) is 1.77. The van der Waals surface area contributed by atoms with Crippen molar-refractivity contribution < 1.29 is 9.59 Å². The molecule has 1 aromatic heterocycles. The number of likely N-dealkylation sites (N-methyl/N-ethyl adjacent to an activating group) is 1. The summed E-state index contributed by atoms with van der Waals surface area (Å²) in [5, 5.41) is 7.76. The zero-order valence-electron chi connectivity index (χ0n) is 14.5. The van der Waals surface area contributed by atoms with Crippen LogP contribution in [0.15, 0.2) is 40.2 Å². The van der Waals surface area contributed by atoms with E-state index in [1.165, 1.54) is 0 Å². The van der Waals surface area contributed by atoms with Crippen molar-refractivity contribution in [3.63, 3.8) is 0 Å². The Morgan fingerprint density at radius 3 is 2.72 bits per heavy atom. The van der Waals surface area contributed by atoms with Crippen LogP contribution in [0.3, 0.4) is 0 Å². The smallest absolute Gasteiger partial charge is 0.238 e. The highest BCUT2D eigenvalue weighted by molar-refractivity contribution is 9.10. The number of aryl methyl sites for hydroxylation is 1. The summed E-state index contributed by atoms with van der Waals surface area (Å²) in [4.78, 5) is 27.3. The summed E-state index contributed by atoms with van der Waals surface area (Å²) in [5.74, 6) is -0.241. The van der Waals surface area contributed by atoms with Crippen LogP contribution in [0.25, 0.3) is 0 Å². The molecule has 0 saturated heterocycles. The molecule has 0 bridgehead atoms. The van der Waals surface area contributed by atoms with Crippen LogP contribution < -0.4 is 10.6 Å². The number of benzene rings is 1. The molecule has 134 valence electrons. The second kappa shape index (κ2) is 9.12. The maximum atomic E-state index is 12.2. The summed E-state index contributed by atoms with van der Waals surface area (Å²) in [6.07, 6.45) is 0. The predicted molar refractivity (Wildman–Crippen MR) is 106 cm³/mol. The number of thiophene rings is 1. The molecule has 0 aliphatic rings. The zero-order valence-corrected chi connectivity index (χ0v) is 16.9. The van der Waals surface area contributed by atoms with Gasteiger partial charge in [0.1, 0.15) is 0 Å². The maximum absolute atomic E-state index is 12.2. The SMILES string of the molecule is Cc1cc(Br)ccc1NC(=O)CN(C)[C@H](C)C(=O)NCc1cccs1. The average molecular weight is 424 g/mol. The van der Waals surface area contributed by atoms with Gasteiger partial charge in [0.2, 0.25) is 11.8 Å². The minimum atomic E-state index is -0.392. The van der Waals surface area contributed by atoms with E-state index in [2.05, 4.69) is 26.6 Å². The van der Waals surface area contributed by atoms with Gasteiger partial charge in [0.25, 0.3) is 0 Å². The van der Waals surface area contributed by atoms with Gasteiger partial charge in [0.05, 0.1) is 19.1 Å². The van der Waals surface area contributed by atoms with Crippen molar-refractivity contribution in [2.45, 2.75) is 26.4 Å². The lowest BCUT2D eigenvalue weighted by Crippen LogP contribution is -2.45. The van der Waals surface area contributed by atoms with Gasteiger partial charge in [-0.15, -0.1) is 11.3 Å². The molecule has 5 nitrogen and oxygen atoms in total. The van der Waals surface area contributed by atoms with Crippen LogP contribution in [0, 0.1) is 6.92 Å². The third-order valence-electron chi connectivity index (χ3n) is 3.91. The number of halogens is 1. The molecule has 0 fully saturated rings. The number of carbonyl (C=O) groups is 2. The number of hydrogen-bond donors (Lipinski definition) is 2. The number of rotatable bonds is 7. The molecule has 0 radical (unpaired) electrons. The minimum Gasteiger partial charge on any atom is -0.350 e. The van der Waals surface area contributed by atoms with E-state index >= 15 is 0 Å². The van der Waals surface area contributed by atoms with Gasteiger partial charge < -0.3 is 10.6 Å². The Labute approximate surface area is 160 Å². The normalized spacial score (nSPS) is 12.0. The van der Waals surface area contributed by atoms with Gasteiger partial charge in [-0.2, -0.15) is 0 Å². The Bertz CT molecular complexity index is 734. The fraction of sp³-hybridized carbons (Fsp3) is 0.333. The molecule has 0 aliphatic heterocycles. The first-order valence-electron chi connectivity index (χ1n) is 7.93. The largest absolute Gasteiger partial charge is 0.350 e. The summed E-state index contributed by atoms with van der Waals surface area (Å²) >= 11 is 5.01. The Hall–Kier alpha value is -1.70. The van der Waals surface area contributed by atoms with Crippen LogP contribution in [0.2, 0.25) is 0 Å². The van der Waals surface area contributed by atoms with Crippen molar-refractivity contribution in [3.8, 4) is 0 Å². The molecule has 0 saturated carbocycles. The van der Waals surface area contributed by atoms with Gasteiger partial charge in [0, 0.05) is 15.0 Å². The van der Waals surface area contributed by atoms with Gasteiger partial charge >= 0.3 is 0 Å². The summed E-state index contributed by atoms with van der Waals surface area (Å²) in [6.45, 7) is 4.38. The van der Waals surface area contributed by atoms with Crippen LogP contribution in [-0.4, -0.2) is 36.3 Å². The van der Waals surface area contributed by atoms with Gasteiger partial charge in [-0.1, -0.05) is 22.0 Å². The van der Waals surface area contributed by atoms with Crippen LogP contribution in [0.5, 0.6) is 0 Å². The molecule has 1 atom stereocenters. The second-order valence-corrected chi connectivity index (χ2v) is 7.84. The standard InChI is InChI=1S/C18H22BrN3O2S/c1-12-9-14(19)6-7-16(12)21-17(23)11-22(3)13(2)18(24)20-10-15-5-4-8-25-15/h4-9,13H,10-11H2,1-3H3,(H,20,24)(H,21,23)/t13-/m1/s1. The van der Waals surface area contributed by atoms with E-state index in [1.54, 1.807) is 30.2 Å². The van der Waals surface area contributed by atoms with Crippen LogP contribution >= 0.6 is 27.3 Å². The van der Waals surface area contributed by atoms with Crippen LogP contribution in [-0.2, 0) is 16.1 Å². The van der Waals surface area contributed by atoms with E-state index < -0.39 is 6.04 Å².